The first kappa shape index (κ1) is 20.7. The van der Waals surface area contributed by atoms with Crippen molar-refractivity contribution in [1.82, 2.24) is 0 Å². The number of hydrogen-bond donors (Lipinski definition) is 1. The summed E-state index contributed by atoms with van der Waals surface area (Å²) in [4.78, 5) is 14.1. The highest BCUT2D eigenvalue weighted by atomic mass is 32.2. The number of aliphatic hydroxyl groups excluding tert-OH is 1. The van der Waals surface area contributed by atoms with Crippen molar-refractivity contribution in [2.24, 2.45) is 0 Å². The van der Waals surface area contributed by atoms with Crippen LogP contribution in [0.5, 0.6) is 5.75 Å². The Hall–Kier alpha value is -3.58. The van der Waals surface area contributed by atoms with Crippen LogP contribution in [-0.2, 0) is 14.6 Å². The minimum Gasteiger partial charge on any atom is -0.502 e. The molecule has 31 heavy (non-hydrogen) atoms. The molecule has 0 spiro atoms. The SMILES string of the molecule is COc1ccc(N2C(=O)C(O)=C(S(=O)(=O)c3ccccc3)[C@H]2c2ccc(C)cc2)cc1. The van der Waals surface area contributed by atoms with E-state index in [9.17, 15) is 18.3 Å². The average molecular weight is 436 g/mol. The topological polar surface area (TPSA) is 83.9 Å². The first-order chi connectivity index (χ1) is 14.8. The van der Waals surface area contributed by atoms with Crippen LogP contribution in [0.1, 0.15) is 17.2 Å². The second-order valence-corrected chi connectivity index (χ2v) is 9.13. The second-order valence-electron chi connectivity index (χ2n) is 7.22. The van der Waals surface area contributed by atoms with Crippen LogP contribution in [-0.4, -0.2) is 26.5 Å². The molecule has 1 aliphatic heterocycles. The van der Waals surface area contributed by atoms with Crippen LogP contribution in [0.2, 0.25) is 0 Å². The monoisotopic (exact) mass is 435 g/mol. The normalized spacial score (nSPS) is 16.6. The molecule has 0 aliphatic carbocycles. The maximum Gasteiger partial charge on any atom is 0.295 e. The lowest BCUT2D eigenvalue weighted by Gasteiger charge is -2.27. The Kier molecular flexibility index (Phi) is 5.29. The molecule has 1 atom stereocenters. The van der Waals surface area contributed by atoms with E-state index in [0.717, 1.165) is 5.56 Å². The molecule has 3 aromatic rings. The highest BCUT2D eigenvalue weighted by Gasteiger charge is 2.47. The van der Waals surface area contributed by atoms with Gasteiger partial charge < -0.3 is 9.84 Å². The van der Waals surface area contributed by atoms with Crippen LogP contribution in [0.3, 0.4) is 0 Å². The van der Waals surface area contributed by atoms with E-state index in [4.69, 9.17) is 4.74 Å². The van der Waals surface area contributed by atoms with Crippen molar-refractivity contribution >= 4 is 21.4 Å². The predicted molar refractivity (Wildman–Crippen MR) is 118 cm³/mol. The molecule has 1 N–H and O–H groups in total. The molecule has 0 unspecified atom stereocenters. The third-order valence-electron chi connectivity index (χ3n) is 5.25. The highest BCUT2D eigenvalue weighted by Crippen LogP contribution is 2.45. The summed E-state index contributed by atoms with van der Waals surface area (Å²) in [5.74, 6) is -0.952. The van der Waals surface area contributed by atoms with Crippen molar-refractivity contribution in [2.45, 2.75) is 17.9 Å². The molecular formula is C24H21NO5S. The van der Waals surface area contributed by atoms with Gasteiger partial charge in [0.2, 0.25) is 9.84 Å². The molecule has 0 saturated heterocycles. The van der Waals surface area contributed by atoms with Gasteiger partial charge in [0.05, 0.1) is 12.0 Å². The summed E-state index contributed by atoms with van der Waals surface area (Å²) in [5.41, 5.74) is 2.01. The Bertz CT molecular complexity index is 1250. The fraction of sp³-hybridized carbons (Fsp3) is 0.125. The number of nitrogens with zero attached hydrogens (tertiary/aromatic N) is 1. The van der Waals surface area contributed by atoms with Crippen LogP contribution in [0.25, 0.3) is 0 Å². The van der Waals surface area contributed by atoms with Gasteiger partial charge in [-0.2, -0.15) is 0 Å². The molecule has 0 saturated carbocycles. The quantitative estimate of drug-likeness (QED) is 0.645. The Morgan fingerprint density at radius 2 is 1.52 bits per heavy atom. The molecule has 0 fully saturated rings. The highest BCUT2D eigenvalue weighted by molar-refractivity contribution is 7.95. The van der Waals surface area contributed by atoms with Crippen LogP contribution in [0.15, 0.2) is 94.4 Å². The summed E-state index contributed by atoms with van der Waals surface area (Å²) < 4.78 is 32.2. The number of hydrogen-bond acceptors (Lipinski definition) is 5. The molecule has 7 heteroatoms. The number of anilines is 1. The molecular weight excluding hydrogens is 414 g/mol. The van der Waals surface area contributed by atoms with Gasteiger partial charge in [-0.05, 0) is 48.9 Å². The largest absolute Gasteiger partial charge is 0.502 e. The summed E-state index contributed by atoms with van der Waals surface area (Å²) in [6, 6.07) is 20.7. The maximum atomic E-state index is 13.5. The Morgan fingerprint density at radius 3 is 2.10 bits per heavy atom. The van der Waals surface area contributed by atoms with Gasteiger partial charge in [-0.1, -0.05) is 48.0 Å². The zero-order valence-electron chi connectivity index (χ0n) is 17.0. The summed E-state index contributed by atoms with van der Waals surface area (Å²) in [5, 5.41) is 10.8. The number of aryl methyl sites for hydroxylation is 1. The van der Waals surface area contributed by atoms with E-state index < -0.39 is 27.5 Å². The maximum absolute atomic E-state index is 13.5. The standard InChI is InChI=1S/C24H21NO5S/c1-16-8-10-17(11-9-16)21-23(31(28,29)20-6-4-3-5-7-20)22(26)24(27)25(21)18-12-14-19(30-2)15-13-18/h3-15,21,26H,1-2H3/t21-/m1/s1. The first-order valence-electron chi connectivity index (χ1n) is 9.62. The van der Waals surface area contributed by atoms with E-state index in [-0.39, 0.29) is 9.80 Å². The van der Waals surface area contributed by atoms with Crippen molar-refractivity contribution in [3.8, 4) is 5.75 Å². The fourth-order valence-corrected chi connectivity index (χ4v) is 5.29. The number of aliphatic hydroxyl groups is 1. The van der Waals surface area contributed by atoms with E-state index in [1.54, 1.807) is 54.6 Å². The molecule has 158 valence electrons. The summed E-state index contributed by atoms with van der Waals surface area (Å²) in [6.45, 7) is 1.92. The summed E-state index contributed by atoms with van der Waals surface area (Å²) in [6.07, 6.45) is 0. The van der Waals surface area contributed by atoms with Gasteiger partial charge in [-0.15, -0.1) is 0 Å². The first-order valence-corrected chi connectivity index (χ1v) is 11.1. The number of ether oxygens (including phenoxy) is 1. The lowest BCUT2D eigenvalue weighted by molar-refractivity contribution is -0.117. The van der Waals surface area contributed by atoms with Crippen LogP contribution >= 0.6 is 0 Å². The summed E-state index contributed by atoms with van der Waals surface area (Å²) >= 11 is 0. The van der Waals surface area contributed by atoms with Gasteiger partial charge in [0.25, 0.3) is 5.91 Å². The molecule has 6 nitrogen and oxygen atoms in total. The third-order valence-corrected chi connectivity index (χ3v) is 7.14. The lowest BCUT2D eigenvalue weighted by Crippen LogP contribution is -2.31. The van der Waals surface area contributed by atoms with Gasteiger partial charge in [0.15, 0.2) is 5.76 Å². The van der Waals surface area contributed by atoms with Crippen LogP contribution < -0.4 is 9.64 Å². The van der Waals surface area contributed by atoms with E-state index in [1.807, 2.05) is 19.1 Å². The molecule has 3 aromatic carbocycles. The molecule has 0 bridgehead atoms. The van der Waals surface area contributed by atoms with Gasteiger partial charge in [0.1, 0.15) is 16.7 Å². The Morgan fingerprint density at radius 1 is 0.903 bits per heavy atom. The van der Waals surface area contributed by atoms with Crippen molar-refractivity contribution < 1.29 is 23.1 Å². The minimum atomic E-state index is -4.14. The molecule has 1 heterocycles. The van der Waals surface area contributed by atoms with Gasteiger partial charge in [-0.25, -0.2) is 8.42 Å². The van der Waals surface area contributed by atoms with Crippen molar-refractivity contribution in [2.75, 3.05) is 12.0 Å². The van der Waals surface area contributed by atoms with Crippen molar-refractivity contribution in [3.63, 3.8) is 0 Å². The number of carbonyl (C=O) groups excluding carboxylic acids is 1. The molecule has 4 rings (SSSR count). The van der Waals surface area contributed by atoms with Crippen molar-refractivity contribution in [3.05, 3.63) is 101 Å². The minimum absolute atomic E-state index is 0.0121. The number of carbonyl (C=O) groups is 1. The zero-order chi connectivity index (χ0) is 22.2. The zero-order valence-corrected chi connectivity index (χ0v) is 17.8. The van der Waals surface area contributed by atoms with Gasteiger partial charge in [-0.3, -0.25) is 9.69 Å². The molecule has 1 aliphatic rings. The van der Waals surface area contributed by atoms with Crippen LogP contribution in [0.4, 0.5) is 5.69 Å². The van der Waals surface area contributed by atoms with Gasteiger partial charge >= 0.3 is 0 Å². The van der Waals surface area contributed by atoms with Crippen LogP contribution in [0, 0.1) is 6.92 Å². The summed E-state index contributed by atoms with van der Waals surface area (Å²) in [7, 11) is -2.61. The van der Waals surface area contributed by atoms with Gasteiger partial charge in [0, 0.05) is 5.69 Å². The van der Waals surface area contributed by atoms with E-state index >= 15 is 0 Å². The van der Waals surface area contributed by atoms with E-state index in [1.165, 1.54) is 24.1 Å². The fourth-order valence-electron chi connectivity index (χ4n) is 3.64. The molecule has 0 aromatic heterocycles. The Balaban J connectivity index is 1.92. The molecule has 1 amide bonds. The number of rotatable bonds is 5. The average Bonchev–Trinajstić information content (AvgIpc) is 3.06. The number of methoxy groups -OCH3 is 1. The number of benzene rings is 3. The number of amides is 1. The predicted octanol–water partition coefficient (Wildman–Crippen LogP) is 4.34. The Labute approximate surface area is 180 Å². The molecule has 0 radical (unpaired) electrons. The smallest absolute Gasteiger partial charge is 0.295 e. The third kappa shape index (κ3) is 3.57. The van der Waals surface area contributed by atoms with E-state index in [2.05, 4.69) is 0 Å². The second kappa shape index (κ2) is 7.92. The van der Waals surface area contributed by atoms with Crippen molar-refractivity contribution in [1.29, 1.82) is 0 Å². The number of sulfone groups is 1. The van der Waals surface area contributed by atoms with E-state index in [0.29, 0.717) is 17.0 Å². The lowest BCUT2D eigenvalue weighted by atomic mass is 10.0.